The lowest BCUT2D eigenvalue weighted by atomic mass is 9.70. The largest absolute Gasteiger partial charge is 0.370 e. The Morgan fingerprint density at radius 1 is 1.00 bits per heavy atom. The van der Waals surface area contributed by atoms with E-state index in [1.165, 1.54) is 28.8 Å². The molecule has 2 aromatic carbocycles. The molecule has 0 fully saturated rings. The smallest absolute Gasteiger partial charge is 0.0453 e. The zero-order valence-electron chi connectivity index (χ0n) is 12.6. The topological polar surface area (TPSA) is 15.3 Å². The summed E-state index contributed by atoms with van der Waals surface area (Å²) in [4.78, 5) is 2.58. The minimum absolute atomic E-state index is 0.132. The first-order chi connectivity index (χ1) is 10.3. The molecule has 0 radical (unpaired) electrons. The highest BCUT2D eigenvalue weighted by Gasteiger charge is 2.37. The molecule has 1 N–H and O–H groups in total. The molecular formula is C19H22N2. The Hall–Kier alpha value is -1.80. The highest BCUT2D eigenvalue weighted by Crippen LogP contribution is 2.45. The summed E-state index contributed by atoms with van der Waals surface area (Å²) in [6, 6.07) is 17.8. The third kappa shape index (κ3) is 1.97. The summed E-state index contributed by atoms with van der Waals surface area (Å²) in [5.74, 6) is 0. The molecule has 2 aromatic rings. The molecule has 0 spiro atoms. The van der Waals surface area contributed by atoms with Gasteiger partial charge in [-0.3, -0.25) is 0 Å². The van der Waals surface area contributed by atoms with E-state index in [2.05, 4.69) is 65.7 Å². The maximum atomic E-state index is 3.55. The van der Waals surface area contributed by atoms with Gasteiger partial charge in [0.05, 0.1) is 0 Å². The van der Waals surface area contributed by atoms with Crippen LogP contribution in [0.1, 0.15) is 30.0 Å². The van der Waals surface area contributed by atoms with Crippen LogP contribution in [-0.4, -0.2) is 19.6 Å². The Bertz CT molecular complexity index is 650. The SMILES string of the molecule is C[C@]1(c2ccccc2)CCN2CCNCc3cccc1c32. The van der Waals surface area contributed by atoms with Crippen molar-refractivity contribution in [3.8, 4) is 0 Å². The van der Waals surface area contributed by atoms with Crippen molar-refractivity contribution in [2.75, 3.05) is 24.5 Å². The minimum Gasteiger partial charge on any atom is -0.370 e. The number of nitrogens with zero attached hydrogens (tertiary/aromatic N) is 1. The average Bonchev–Trinajstić information content (AvgIpc) is 2.75. The van der Waals surface area contributed by atoms with Crippen LogP contribution in [0.25, 0.3) is 0 Å². The van der Waals surface area contributed by atoms with E-state index >= 15 is 0 Å². The predicted molar refractivity (Wildman–Crippen MR) is 87.9 cm³/mol. The van der Waals surface area contributed by atoms with E-state index in [0.717, 1.165) is 26.2 Å². The lowest BCUT2D eigenvalue weighted by molar-refractivity contribution is 0.488. The fourth-order valence-electron chi connectivity index (χ4n) is 3.92. The van der Waals surface area contributed by atoms with Crippen molar-refractivity contribution in [3.63, 3.8) is 0 Å². The summed E-state index contributed by atoms with van der Waals surface area (Å²) in [5, 5.41) is 3.55. The molecule has 0 unspecified atom stereocenters. The van der Waals surface area contributed by atoms with E-state index in [1.54, 1.807) is 0 Å². The van der Waals surface area contributed by atoms with Crippen molar-refractivity contribution >= 4 is 5.69 Å². The van der Waals surface area contributed by atoms with Gasteiger partial charge in [0.2, 0.25) is 0 Å². The van der Waals surface area contributed by atoms with Crippen molar-refractivity contribution in [1.29, 1.82) is 0 Å². The van der Waals surface area contributed by atoms with Crippen LogP contribution in [0.2, 0.25) is 0 Å². The number of nitrogens with one attached hydrogen (secondary N) is 1. The van der Waals surface area contributed by atoms with Crippen LogP contribution in [0.4, 0.5) is 5.69 Å². The molecule has 0 aliphatic carbocycles. The first kappa shape index (κ1) is 12.9. The Kier molecular flexibility index (Phi) is 3.00. The van der Waals surface area contributed by atoms with E-state index in [0.29, 0.717) is 0 Å². The molecule has 0 saturated carbocycles. The summed E-state index contributed by atoms with van der Waals surface area (Å²) >= 11 is 0. The third-order valence-electron chi connectivity index (χ3n) is 5.20. The lowest BCUT2D eigenvalue weighted by Gasteiger charge is -2.43. The lowest BCUT2D eigenvalue weighted by Crippen LogP contribution is -2.41. The normalized spacial score (nSPS) is 24.3. The van der Waals surface area contributed by atoms with Crippen molar-refractivity contribution in [1.82, 2.24) is 5.32 Å². The zero-order chi connectivity index (χ0) is 14.3. The maximum absolute atomic E-state index is 3.55. The predicted octanol–water partition coefficient (Wildman–Crippen LogP) is 3.31. The molecule has 2 nitrogen and oxygen atoms in total. The Balaban J connectivity index is 1.91. The molecule has 0 saturated heterocycles. The molecule has 0 bridgehead atoms. The quantitative estimate of drug-likeness (QED) is 0.861. The molecule has 21 heavy (non-hydrogen) atoms. The fourth-order valence-corrected chi connectivity index (χ4v) is 3.92. The van der Waals surface area contributed by atoms with Crippen LogP contribution in [0.15, 0.2) is 48.5 Å². The van der Waals surface area contributed by atoms with Crippen molar-refractivity contribution < 1.29 is 0 Å². The monoisotopic (exact) mass is 278 g/mol. The fraction of sp³-hybridized carbons (Fsp3) is 0.368. The average molecular weight is 278 g/mol. The summed E-state index contributed by atoms with van der Waals surface area (Å²) < 4.78 is 0. The summed E-state index contributed by atoms with van der Waals surface area (Å²) in [6.07, 6.45) is 1.19. The second-order valence-electron chi connectivity index (χ2n) is 6.43. The van der Waals surface area contributed by atoms with E-state index in [1.807, 2.05) is 0 Å². The van der Waals surface area contributed by atoms with Gasteiger partial charge in [-0.15, -0.1) is 0 Å². The Labute approximate surface area is 126 Å². The number of para-hydroxylation sites is 1. The molecule has 2 aliphatic rings. The van der Waals surface area contributed by atoms with Crippen LogP contribution >= 0.6 is 0 Å². The van der Waals surface area contributed by atoms with Gasteiger partial charge in [-0.1, -0.05) is 55.5 Å². The van der Waals surface area contributed by atoms with E-state index in [9.17, 15) is 0 Å². The van der Waals surface area contributed by atoms with Gasteiger partial charge in [0, 0.05) is 37.3 Å². The summed E-state index contributed by atoms with van der Waals surface area (Å²) in [6.45, 7) is 6.75. The number of rotatable bonds is 1. The molecule has 2 heteroatoms. The van der Waals surface area contributed by atoms with Gasteiger partial charge in [0.15, 0.2) is 0 Å². The van der Waals surface area contributed by atoms with Gasteiger partial charge in [0.1, 0.15) is 0 Å². The van der Waals surface area contributed by atoms with E-state index in [4.69, 9.17) is 0 Å². The molecule has 2 heterocycles. The highest BCUT2D eigenvalue weighted by atomic mass is 15.2. The highest BCUT2D eigenvalue weighted by molar-refractivity contribution is 5.66. The Morgan fingerprint density at radius 2 is 1.86 bits per heavy atom. The van der Waals surface area contributed by atoms with Gasteiger partial charge in [-0.2, -0.15) is 0 Å². The molecule has 108 valence electrons. The maximum Gasteiger partial charge on any atom is 0.0453 e. The van der Waals surface area contributed by atoms with Crippen molar-refractivity contribution in [2.24, 2.45) is 0 Å². The number of hydrogen-bond acceptors (Lipinski definition) is 2. The Morgan fingerprint density at radius 3 is 2.71 bits per heavy atom. The van der Waals surface area contributed by atoms with Crippen LogP contribution in [-0.2, 0) is 12.0 Å². The molecule has 0 aromatic heterocycles. The first-order valence-electron chi connectivity index (χ1n) is 7.92. The second kappa shape index (κ2) is 4.88. The molecule has 1 atom stereocenters. The van der Waals surface area contributed by atoms with Crippen LogP contribution in [0.5, 0.6) is 0 Å². The molecule has 4 rings (SSSR count). The second-order valence-corrected chi connectivity index (χ2v) is 6.43. The van der Waals surface area contributed by atoms with Gasteiger partial charge >= 0.3 is 0 Å². The minimum atomic E-state index is 0.132. The van der Waals surface area contributed by atoms with Crippen LogP contribution in [0, 0.1) is 0 Å². The van der Waals surface area contributed by atoms with E-state index < -0.39 is 0 Å². The first-order valence-corrected chi connectivity index (χ1v) is 7.92. The van der Waals surface area contributed by atoms with E-state index in [-0.39, 0.29) is 5.41 Å². The van der Waals surface area contributed by atoms with Gasteiger partial charge in [-0.05, 0) is 23.1 Å². The van der Waals surface area contributed by atoms with Gasteiger partial charge in [0.25, 0.3) is 0 Å². The van der Waals surface area contributed by atoms with Crippen LogP contribution in [0.3, 0.4) is 0 Å². The molecule has 2 aliphatic heterocycles. The molecular weight excluding hydrogens is 256 g/mol. The van der Waals surface area contributed by atoms with Crippen molar-refractivity contribution in [2.45, 2.75) is 25.3 Å². The summed E-state index contributed by atoms with van der Waals surface area (Å²) in [5.41, 5.74) is 6.01. The number of anilines is 1. The standard InChI is InChI=1S/C19H22N2/c1-19(16-7-3-2-4-8-16)10-12-21-13-11-20-14-15-6-5-9-17(19)18(15)21/h2-9,20H,10-14H2,1H3/t19-/m1/s1. The zero-order valence-corrected chi connectivity index (χ0v) is 12.6. The van der Waals surface area contributed by atoms with Gasteiger partial charge in [-0.25, -0.2) is 0 Å². The number of benzene rings is 2. The van der Waals surface area contributed by atoms with Crippen molar-refractivity contribution in [3.05, 3.63) is 65.2 Å². The van der Waals surface area contributed by atoms with Gasteiger partial charge < -0.3 is 10.2 Å². The summed E-state index contributed by atoms with van der Waals surface area (Å²) in [7, 11) is 0. The number of hydrogen-bond donors (Lipinski definition) is 1. The molecule has 0 amide bonds. The third-order valence-corrected chi connectivity index (χ3v) is 5.20. The van der Waals surface area contributed by atoms with Crippen LogP contribution < -0.4 is 10.2 Å².